The van der Waals surface area contributed by atoms with Gasteiger partial charge < -0.3 is 10.1 Å². The summed E-state index contributed by atoms with van der Waals surface area (Å²) in [6.07, 6.45) is 0. The van der Waals surface area contributed by atoms with E-state index >= 15 is 0 Å². The van der Waals surface area contributed by atoms with Gasteiger partial charge in [0.05, 0.1) is 17.8 Å². The number of anilines is 1. The lowest BCUT2D eigenvalue weighted by Crippen LogP contribution is -2.13. The maximum Gasteiger partial charge on any atom is 0.269 e. The highest BCUT2D eigenvalue weighted by atomic mass is 32.2. The van der Waals surface area contributed by atoms with Crippen molar-refractivity contribution in [3.63, 3.8) is 0 Å². The average Bonchev–Trinajstić information content (AvgIpc) is 2.54. The average molecular weight is 318 g/mol. The summed E-state index contributed by atoms with van der Waals surface area (Å²) < 4.78 is 5.04. The van der Waals surface area contributed by atoms with E-state index in [2.05, 4.69) is 5.32 Å². The molecule has 0 radical (unpaired) electrons. The van der Waals surface area contributed by atoms with E-state index in [1.165, 1.54) is 23.9 Å². The third-order valence-electron chi connectivity index (χ3n) is 2.79. The Kier molecular flexibility index (Phi) is 5.37. The molecule has 0 aromatic heterocycles. The standard InChI is InChI=1S/C15H14N2O4S/c1-21-13-6-2-11(3-7-13)16-15(18)10-22-14-8-4-12(5-9-14)17(19)20/h2-9H,10H2,1H3,(H,16,18). The van der Waals surface area contributed by atoms with Gasteiger partial charge >= 0.3 is 0 Å². The van der Waals surface area contributed by atoms with Crippen LogP contribution in [0.4, 0.5) is 11.4 Å². The van der Waals surface area contributed by atoms with Crippen molar-refractivity contribution in [2.75, 3.05) is 18.2 Å². The maximum atomic E-state index is 11.8. The number of nitro benzene ring substituents is 1. The lowest BCUT2D eigenvalue weighted by molar-refractivity contribution is -0.384. The van der Waals surface area contributed by atoms with Crippen molar-refractivity contribution in [2.45, 2.75) is 4.90 Å². The molecule has 1 amide bonds. The van der Waals surface area contributed by atoms with Gasteiger partial charge in [0.1, 0.15) is 5.75 Å². The highest BCUT2D eigenvalue weighted by molar-refractivity contribution is 8.00. The number of amides is 1. The number of carbonyl (C=O) groups is 1. The second-order valence-corrected chi connectivity index (χ2v) is 5.37. The minimum absolute atomic E-state index is 0.0343. The van der Waals surface area contributed by atoms with Crippen LogP contribution in [0, 0.1) is 10.1 Å². The summed E-state index contributed by atoms with van der Waals surface area (Å²) in [7, 11) is 1.58. The lowest BCUT2D eigenvalue weighted by Gasteiger charge is -2.06. The molecule has 6 nitrogen and oxygen atoms in total. The molecular formula is C15H14N2O4S. The molecule has 114 valence electrons. The van der Waals surface area contributed by atoms with Gasteiger partial charge in [0.15, 0.2) is 0 Å². The first kappa shape index (κ1) is 15.8. The number of ether oxygens (including phenoxy) is 1. The Labute approximate surface area is 131 Å². The van der Waals surface area contributed by atoms with Gasteiger partial charge in [-0.3, -0.25) is 14.9 Å². The van der Waals surface area contributed by atoms with Crippen molar-refractivity contribution >= 4 is 29.0 Å². The Morgan fingerprint density at radius 1 is 1.18 bits per heavy atom. The van der Waals surface area contributed by atoms with Crippen molar-refractivity contribution in [2.24, 2.45) is 0 Å². The highest BCUT2D eigenvalue weighted by Crippen LogP contribution is 2.22. The van der Waals surface area contributed by atoms with Gasteiger partial charge in [-0.25, -0.2) is 0 Å². The van der Waals surface area contributed by atoms with Crippen LogP contribution >= 0.6 is 11.8 Å². The second kappa shape index (κ2) is 7.46. The van der Waals surface area contributed by atoms with Crippen molar-refractivity contribution < 1.29 is 14.5 Å². The van der Waals surface area contributed by atoms with Crippen molar-refractivity contribution in [3.05, 3.63) is 58.6 Å². The van der Waals surface area contributed by atoms with E-state index in [9.17, 15) is 14.9 Å². The molecule has 0 spiro atoms. The molecule has 0 bridgehead atoms. The van der Waals surface area contributed by atoms with Crippen LogP contribution in [0.2, 0.25) is 0 Å². The van der Waals surface area contributed by atoms with E-state index in [0.717, 1.165) is 10.6 Å². The number of benzene rings is 2. The Balaban J connectivity index is 1.85. The minimum Gasteiger partial charge on any atom is -0.497 e. The summed E-state index contributed by atoms with van der Waals surface area (Å²) in [5.41, 5.74) is 0.724. The number of non-ortho nitro benzene ring substituents is 1. The summed E-state index contributed by atoms with van der Waals surface area (Å²) >= 11 is 1.32. The quantitative estimate of drug-likeness (QED) is 0.502. The zero-order chi connectivity index (χ0) is 15.9. The van der Waals surface area contributed by atoms with E-state index < -0.39 is 4.92 Å². The molecule has 0 aliphatic heterocycles. The SMILES string of the molecule is COc1ccc(NC(=O)CSc2ccc([N+](=O)[O-])cc2)cc1. The third kappa shape index (κ3) is 4.49. The monoisotopic (exact) mass is 318 g/mol. The van der Waals surface area contributed by atoms with Crippen molar-refractivity contribution in [3.8, 4) is 5.75 Å². The van der Waals surface area contributed by atoms with Crippen LogP contribution < -0.4 is 10.1 Å². The first-order valence-corrected chi connectivity index (χ1v) is 7.38. The molecule has 0 aliphatic carbocycles. The van der Waals surface area contributed by atoms with Crippen LogP contribution in [-0.2, 0) is 4.79 Å². The predicted molar refractivity (Wildman–Crippen MR) is 85.4 cm³/mol. The Morgan fingerprint density at radius 3 is 2.36 bits per heavy atom. The topological polar surface area (TPSA) is 81.5 Å². The molecule has 0 fully saturated rings. The summed E-state index contributed by atoms with van der Waals surface area (Å²) in [4.78, 5) is 22.7. The van der Waals surface area contributed by atoms with Crippen LogP contribution in [0.1, 0.15) is 0 Å². The number of rotatable bonds is 6. The summed E-state index contributed by atoms with van der Waals surface area (Å²) in [5, 5.41) is 13.3. The minimum atomic E-state index is -0.454. The third-order valence-corrected chi connectivity index (χ3v) is 3.80. The van der Waals surface area contributed by atoms with Crippen LogP contribution in [0.25, 0.3) is 0 Å². The molecule has 0 atom stereocenters. The smallest absolute Gasteiger partial charge is 0.269 e. The Morgan fingerprint density at radius 2 is 1.82 bits per heavy atom. The molecule has 2 rings (SSSR count). The Hall–Kier alpha value is -2.54. The van der Waals surface area contributed by atoms with Crippen LogP contribution in [0.5, 0.6) is 5.75 Å². The molecule has 0 heterocycles. The number of nitro groups is 1. The molecule has 7 heteroatoms. The molecule has 2 aromatic rings. The zero-order valence-corrected chi connectivity index (χ0v) is 12.6. The van der Waals surface area contributed by atoms with E-state index in [4.69, 9.17) is 4.74 Å². The van der Waals surface area contributed by atoms with E-state index in [1.54, 1.807) is 43.5 Å². The molecule has 22 heavy (non-hydrogen) atoms. The molecule has 1 N–H and O–H groups in total. The highest BCUT2D eigenvalue weighted by Gasteiger charge is 2.07. The van der Waals surface area contributed by atoms with E-state index in [-0.39, 0.29) is 17.3 Å². The van der Waals surface area contributed by atoms with Crippen molar-refractivity contribution in [1.29, 1.82) is 0 Å². The van der Waals surface area contributed by atoms with E-state index in [1.807, 2.05) is 0 Å². The van der Waals surface area contributed by atoms with Crippen LogP contribution in [-0.4, -0.2) is 23.7 Å². The molecule has 0 saturated heterocycles. The number of thioether (sulfide) groups is 1. The van der Waals surface area contributed by atoms with Gasteiger partial charge in [0, 0.05) is 22.7 Å². The predicted octanol–water partition coefficient (Wildman–Crippen LogP) is 3.33. The van der Waals surface area contributed by atoms with Crippen LogP contribution in [0.15, 0.2) is 53.4 Å². The van der Waals surface area contributed by atoms with Gasteiger partial charge in [-0.15, -0.1) is 11.8 Å². The largest absolute Gasteiger partial charge is 0.497 e. The first-order valence-electron chi connectivity index (χ1n) is 6.39. The number of nitrogens with zero attached hydrogens (tertiary/aromatic N) is 1. The normalized spacial score (nSPS) is 10.0. The zero-order valence-electron chi connectivity index (χ0n) is 11.8. The number of carbonyl (C=O) groups excluding carboxylic acids is 1. The van der Waals surface area contributed by atoms with Crippen molar-refractivity contribution in [1.82, 2.24) is 0 Å². The first-order chi connectivity index (χ1) is 10.6. The Bertz CT molecular complexity index is 656. The molecule has 0 saturated carbocycles. The summed E-state index contributed by atoms with van der Waals surface area (Å²) in [6.45, 7) is 0. The van der Waals surface area contributed by atoms with Gasteiger partial charge in [-0.05, 0) is 36.4 Å². The lowest BCUT2D eigenvalue weighted by atomic mass is 10.3. The maximum absolute atomic E-state index is 11.8. The second-order valence-electron chi connectivity index (χ2n) is 4.32. The van der Waals surface area contributed by atoms with E-state index in [0.29, 0.717) is 5.69 Å². The fourth-order valence-electron chi connectivity index (χ4n) is 1.68. The number of methoxy groups -OCH3 is 1. The fraction of sp³-hybridized carbons (Fsp3) is 0.133. The number of nitrogens with one attached hydrogen (secondary N) is 1. The van der Waals surface area contributed by atoms with Gasteiger partial charge in [0.2, 0.25) is 5.91 Å². The summed E-state index contributed by atoms with van der Waals surface area (Å²) in [5.74, 6) is 0.802. The van der Waals surface area contributed by atoms with Gasteiger partial charge in [-0.2, -0.15) is 0 Å². The number of hydrogen-bond acceptors (Lipinski definition) is 5. The van der Waals surface area contributed by atoms with Crippen LogP contribution in [0.3, 0.4) is 0 Å². The van der Waals surface area contributed by atoms with Gasteiger partial charge in [0.25, 0.3) is 5.69 Å². The number of hydrogen-bond donors (Lipinski definition) is 1. The van der Waals surface area contributed by atoms with Gasteiger partial charge in [-0.1, -0.05) is 0 Å². The summed E-state index contributed by atoms with van der Waals surface area (Å²) in [6, 6.07) is 13.1. The molecule has 0 aliphatic rings. The molecule has 2 aromatic carbocycles. The fourth-order valence-corrected chi connectivity index (χ4v) is 2.38. The molecular weight excluding hydrogens is 304 g/mol. The molecule has 0 unspecified atom stereocenters.